The summed E-state index contributed by atoms with van der Waals surface area (Å²) in [6, 6.07) is 5.52. The van der Waals surface area contributed by atoms with Gasteiger partial charge in [-0.1, -0.05) is 25.8 Å². The smallest absolute Gasteiger partial charge is 0.329 e. The van der Waals surface area contributed by atoms with Gasteiger partial charge < -0.3 is 19.9 Å². The number of hydrogen-bond donors (Lipinski definition) is 2. The number of benzene rings is 1. The molecule has 1 aromatic carbocycles. The summed E-state index contributed by atoms with van der Waals surface area (Å²) in [6.45, 7) is 1.80. The highest BCUT2D eigenvalue weighted by molar-refractivity contribution is 5.88. The largest absolute Gasteiger partial charge is 0.493 e. The average molecular weight is 335 g/mol. The van der Waals surface area contributed by atoms with Gasteiger partial charge in [0.2, 0.25) is 5.91 Å². The maximum absolute atomic E-state index is 12.5. The highest BCUT2D eigenvalue weighted by atomic mass is 16.5. The summed E-state index contributed by atoms with van der Waals surface area (Å²) in [5, 5.41) is 12.2. The van der Waals surface area contributed by atoms with Crippen molar-refractivity contribution in [1.29, 1.82) is 0 Å². The van der Waals surface area contributed by atoms with E-state index in [2.05, 4.69) is 5.32 Å². The number of amides is 1. The second-order valence-electron chi connectivity index (χ2n) is 6.38. The lowest BCUT2D eigenvalue weighted by Crippen LogP contribution is -2.54. The third-order valence-electron chi connectivity index (χ3n) is 4.67. The molecule has 0 spiro atoms. The number of carbonyl (C=O) groups is 2. The molecule has 1 aliphatic carbocycles. The van der Waals surface area contributed by atoms with E-state index in [-0.39, 0.29) is 11.8 Å². The molecular formula is C18H25NO5. The number of hydrogen-bond acceptors (Lipinski definition) is 4. The van der Waals surface area contributed by atoms with Gasteiger partial charge in [-0.2, -0.15) is 0 Å². The first-order valence-electron chi connectivity index (χ1n) is 8.18. The van der Waals surface area contributed by atoms with E-state index in [1.165, 1.54) is 0 Å². The van der Waals surface area contributed by atoms with E-state index in [1.807, 2.05) is 12.1 Å². The van der Waals surface area contributed by atoms with Crippen LogP contribution in [0.2, 0.25) is 0 Å². The molecule has 0 aromatic heterocycles. The van der Waals surface area contributed by atoms with Crippen LogP contribution >= 0.6 is 0 Å². The number of carboxylic acids is 1. The minimum absolute atomic E-state index is 0.228. The van der Waals surface area contributed by atoms with Gasteiger partial charge in [-0.3, -0.25) is 4.79 Å². The molecule has 24 heavy (non-hydrogen) atoms. The summed E-state index contributed by atoms with van der Waals surface area (Å²) in [5.74, 6) is -0.254. The number of methoxy groups -OCH3 is 2. The fraction of sp³-hybridized carbons (Fsp3) is 0.556. The van der Waals surface area contributed by atoms with Gasteiger partial charge in [0.25, 0.3) is 0 Å². The molecule has 0 radical (unpaired) electrons. The average Bonchev–Trinajstić information content (AvgIpc) is 3.04. The molecule has 0 bridgehead atoms. The van der Waals surface area contributed by atoms with Crippen molar-refractivity contribution in [2.75, 3.05) is 14.2 Å². The third kappa shape index (κ3) is 3.80. The number of rotatable bonds is 7. The molecule has 1 fully saturated rings. The zero-order chi connectivity index (χ0) is 17.7. The van der Waals surface area contributed by atoms with E-state index in [0.717, 1.165) is 18.4 Å². The van der Waals surface area contributed by atoms with Crippen molar-refractivity contribution in [2.45, 2.75) is 44.6 Å². The summed E-state index contributed by atoms with van der Waals surface area (Å²) in [4.78, 5) is 24.0. The molecule has 6 nitrogen and oxygen atoms in total. The minimum Gasteiger partial charge on any atom is -0.493 e. The minimum atomic E-state index is -1.09. The van der Waals surface area contributed by atoms with E-state index in [0.29, 0.717) is 30.8 Å². The number of nitrogens with one attached hydrogen (secondary N) is 1. The molecule has 1 atom stereocenters. The molecule has 2 rings (SSSR count). The molecule has 1 aromatic rings. The number of carbonyl (C=O) groups excluding carboxylic acids is 1. The molecule has 1 aliphatic rings. The van der Waals surface area contributed by atoms with Crippen LogP contribution in [0.3, 0.4) is 0 Å². The highest BCUT2D eigenvalue weighted by Gasteiger charge is 2.43. The zero-order valence-corrected chi connectivity index (χ0v) is 14.4. The standard InChI is InChI=1S/C18H25NO5/c1-12(10-13-6-7-14(23-2)15(11-13)24-3)16(20)19-18(17(21)22)8-4-5-9-18/h6-7,11-12H,4-5,8-10H2,1-3H3,(H,19,20)(H,21,22). The van der Waals surface area contributed by atoms with Crippen molar-refractivity contribution in [3.05, 3.63) is 23.8 Å². The van der Waals surface area contributed by atoms with Crippen LogP contribution in [0.1, 0.15) is 38.2 Å². The van der Waals surface area contributed by atoms with Gasteiger partial charge in [0, 0.05) is 5.92 Å². The Balaban J connectivity index is 2.05. The van der Waals surface area contributed by atoms with Crippen LogP contribution in [0.15, 0.2) is 18.2 Å². The molecule has 2 N–H and O–H groups in total. The fourth-order valence-corrected chi connectivity index (χ4v) is 3.18. The summed E-state index contributed by atoms with van der Waals surface area (Å²) in [5.41, 5.74) is -0.158. The quantitative estimate of drug-likeness (QED) is 0.799. The van der Waals surface area contributed by atoms with E-state index in [1.54, 1.807) is 27.2 Å². The number of carboxylic acid groups (broad SMARTS) is 1. The Morgan fingerprint density at radius 3 is 2.38 bits per heavy atom. The maximum Gasteiger partial charge on any atom is 0.329 e. The predicted molar refractivity (Wildman–Crippen MR) is 89.4 cm³/mol. The molecular weight excluding hydrogens is 310 g/mol. The van der Waals surface area contributed by atoms with Gasteiger partial charge in [0.1, 0.15) is 5.54 Å². The molecule has 6 heteroatoms. The third-order valence-corrected chi connectivity index (χ3v) is 4.67. The highest BCUT2D eigenvalue weighted by Crippen LogP contribution is 2.31. The monoisotopic (exact) mass is 335 g/mol. The Morgan fingerprint density at radius 1 is 1.21 bits per heavy atom. The van der Waals surface area contributed by atoms with Gasteiger partial charge in [0.05, 0.1) is 14.2 Å². The Hall–Kier alpha value is -2.24. The van der Waals surface area contributed by atoms with Crippen molar-refractivity contribution in [3.8, 4) is 11.5 Å². The van der Waals surface area contributed by atoms with E-state index < -0.39 is 11.5 Å². The maximum atomic E-state index is 12.5. The first-order chi connectivity index (χ1) is 11.4. The lowest BCUT2D eigenvalue weighted by atomic mass is 9.94. The molecule has 1 unspecified atom stereocenters. The van der Waals surface area contributed by atoms with Gasteiger partial charge in [-0.05, 0) is 37.0 Å². The summed E-state index contributed by atoms with van der Waals surface area (Å²) in [6.07, 6.45) is 3.16. The van der Waals surface area contributed by atoms with Crippen molar-refractivity contribution >= 4 is 11.9 Å². The van der Waals surface area contributed by atoms with Crippen LogP contribution < -0.4 is 14.8 Å². The fourth-order valence-electron chi connectivity index (χ4n) is 3.18. The molecule has 132 valence electrons. The Morgan fingerprint density at radius 2 is 1.83 bits per heavy atom. The van der Waals surface area contributed by atoms with Gasteiger partial charge in [-0.25, -0.2) is 4.79 Å². The van der Waals surface area contributed by atoms with Crippen LogP contribution in [-0.4, -0.2) is 36.7 Å². The number of aliphatic carboxylic acids is 1. The summed E-state index contributed by atoms with van der Waals surface area (Å²) < 4.78 is 10.5. The molecule has 0 saturated heterocycles. The van der Waals surface area contributed by atoms with E-state index >= 15 is 0 Å². The van der Waals surface area contributed by atoms with Crippen molar-refractivity contribution in [1.82, 2.24) is 5.32 Å². The Kier molecular flexibility index (Phi) is 5.70. The molecule has 0 aliphatic heterocycles. The lowest BCUT2D eigenvalue weighted by Gasteiger charge is -2.27. The van der Waals surface area contributed by atoms with Crippen LogP contribution in [0, 0.1) is 5.92 Å². The topological polar surface area (TPSA) is 84.9 Å². The second-order valence-corrected chi connectivity index (χ2v) is 6.38. The van der Waals surface area contributed by atoms with Crippen molar-refractivity contribution < 1.29 is 24.2 Å². The molecule has 1 amide bonds. The summed E-state index contributed by atoms with van der Waals surface area (Å²) in [7, 11) is 3.13. The van der Waals surface area contributed by atoms with Gasteiger partial charge >= 0.3 is 5.97 Å². The first-order valence-corrected chi connectivity index (χ1v) is 8.18. The van der Waals surface area contributed by atoms with E-state index in [4.69, 9.17) is 9.47 Å². The lowest BCUT2D eigenvalue weighted by molar-refractivity contribution is -0.148. The predicted octanol–water partition coefficient (Wildman–Crippen LogP) is 2.40. The zero-order valence-electron chi connectivity index (χ0n) is 14.4. The Labute approximate surface area is 142 Å². The van der Waals surface area contributed by atoms with Gasteiger partial charge in [-0.15, -0.1) is 0 Å². The van der Waals surface area contributed by atoms with Crippen LogP contribution in [0.5, 0.6) is 11.5 Å². The van der Waals surface area contributed by atoms with Crippen molar-refractivity contribution in [3.63, 3.8) is 0 Å². The Bertz CT molecular complexity index is 607. The summed E-state index contributed by atoms with van der Waals surface area (Å²) >= 11 is 0. The second kappa shape index (κ2) is 7.55. The van der Waals surface area contributed by atoms with Gasteiger partial charge in [0.15, 0.2) is 11.5 Å². The first kappa shape index (κ1) is 18.1. The number of ether oxygens (including phenoxy) is 2. The van der Waals surface area contributed by atoms with Crippen LogP contribution in [0.4, 0.5) is 0 Å². The van der Waals surface area contributed by atoms with Crippen LogP contribution in [-0.2, 0) is 16.0 Å². The SMILES string of the molecule is COc1ccc(CC(C)C(=O)NC2(C(=O)O)CCCC2)cc1OC. The van der Waals surface area contributed by atoms with Crippen LogP contribution in [0.25, 0.3) is 0 Å². The van der Waals surface area contributed by atoms with Crippen molar-refractivity contribution in [2.24, 2.45) is 5.92 Å². The normalized spacial score (nSPS) is 17.1. The van der Waals surface area contributed by atoms with E-state index in [9.17, 15) is 14.7 Å². The molecule has 1 saturated carbocycles. The molecule has 0 heterocycles.